The average Bonchev–Trinajstić information content (AvgIpc) is 2.90. The molecule has 2 N–H and O–H groups in total. The summed E-state index contributed by atoms with van der Waals surface area (Å²) in [6.07, 6.45) is 5.75. The molecule has 25 heavy (non-hydrogen) atoms. The van der Waals surface area contributed by atoms with Gasteiger partial charge in [-0.15, -0.1) is 0 Å². The first-order chi connectivity index (χ1) is 12.0. The zero-order chi connectivity index (χ0) is 18.0. The molecule has 0 fully saturated rings. The molecule has 1 atom stereocenters. The van der Waals surface area contributed by atoms with E-state index in [0.717, 1.165) is 10.6 Å². The number of rotatable bonds is 4. The Morgan fingerprint density at radius 2 is 1.88 bits per heavy atom. The van der Waals surface area contributed by atoms with E-state index in [4.69, 9.17) is 14.6 Å². The molecule has 0 unspecified atom stereocenters. The smallest absolute Gasteiger partial charge is 0.354 e. The molecule has 0 bridgehead atoms. The first-order valence-corrected chi connectivity index (χ1v) is 7.70. The van der Waals surface area contributed by atoms with Gasteiger partial charge in [0.05, 0.1) is 12.7 Å². The lowest BCUT2D eigenvalue weighted by Crippen LogP contribution is -2.22. The molecule has 1 aliphatic rings. The second kappa shape index (κ2) is 6.68. The number of methoxy groups -OCH3 is 1. The number of aromatic nitrogens is 1. The second-order valence-electron chi connectivity index (χ2n) is 5.71. The number of carboxylic acids is 1. The maximum atomic E-state index is 11.7. The number of hydrogen-bond donors (Lipinski definition) is 2. The number of carboxylic acid groups (broad SMARTS) is 1. The summed E-state index contributed by atoms with van der Waals surface area (Å²) in [7, 11) is 1.33. The van der Waals surface area contributed by atoms with Gasteiger partial charge in [-0.2, -0.15) is 0 Å². The third-order valence-electron chi connectivity index (χ3n) is 3.78. The van der Waals surface area contributed by atoms with Gasteiger partial charge >= 0.3 is 11.9 Å². The fourth-order valence-electron chi connectivity index (χ4n) is 2.61. The summed E-state index contributed by atoms with van der Waals surface area (Å²) < 4.78 is 10.6. The number of nitrogens with one attached hydrogen (secondary N) is 1. The first-order valence-electron chi connectivity index (χ1n) is 7.70. The molecule has 1 aromatic heterocycles. The molecular formula is C19H17NO5. The highest BCUT2D eigenvalue weighted by atomic mass is 16.5. The van der Waals surface area contributed by atoms with Crippen LogP contribution in [0.25, 0.3) is 12.2 Å². The zero-order valence-electron chi connectivity index (χ0n) is 13.8. The van der Waals surface area contributed by atoms with Crippen LogP contribution in [0.5, 0.6) is 5.75 Å². The standard InChI is InChI=1S/C19H17NO5/c1-11-7-13-9-17(19(23)24-2)20-16(13)10-15(8-11)25-14-5-3-12(4-6-14)18(21)22/h3-11,20H,1-2H3,(H,21,22)/t11-/m1/s1. The topological polar surface area (TPSA) is 88.6 Å². The third kappa shape index (κ3) is 3.63. The molecule has 6 heteroatoms. The van der Waals surface area contributed by atoms with E-state index in [0.29, 0.717) is 17.2 Å². The van der Waals surface area contributed by atoms with Gasteiger partial charge in [-0.3, -0.25) is 0 Å². The van der Waals surface area contributed by atoms with Gasteiger partial charge in [-0.1, -0.05) is 13.0 Å². The molecule has 2 aromatic rings. The minimum Gasteiger partial charge on any atom is -0.478 e. The van der Waals surface area contributed by atoms with Gasteiger partial charge in [0.1, 0.15) is 17.2 Å². The molecule has 1 aromatic carbocycles. The van der Waals surface area contributed by atoms with Crippen molar-refractivity contribution in [3.05, 3.63) is 64.0 Å². The minimum atomic E-state index is -0.985. The minimum absolute atomic E-state index is 0.0899. The molecule has 3 rings (SSSR count). The van der Waals surface area contributed by atoms with Crippen LogP contribution >= 0.6 is 0 Å². The maximum absolute atomic E-state index is 11.7. The van der Waals surface area contributed by atoms with Crippen LogP contribution in [0.4, 0.5) is 0 Å². The average molecular weight is 339 g/mol. The Morgan fingerprint density at radius 3 is 2.52 bits per heavy atom. The van der Waals surface area contributed by atoms with E-state index >= 15 is 0 Å². The second-order valence-corrected chi connectivity index (χ2v) is 5.71. The number of aromatic amines is 1. The van der Waals surface area contributed by atoms with Crippen LogP contribution in [0.1, 0.15) is 27.8 Å². The van der Waals surface area contributed by atoms with Crippen LogP contribution in [-0.2, 0) is 4.74 Å². The molecular weight excluding hydrogens is 322 g/mol. The zero-order valence-corrected chi connectivity index (χ0v) is 13.8. The Kier molecular flexibility index (Phi) is 4.43. The molecule has 0 saturated heterocycles. The van der Waals surface area contributed by atoms with E-state index in [1.807, 2.05) is 19.1 Å². The van der Waals surface area contributed by atoms with Crippen LogP contribution < -0.4 is 15.3 Å². The van der Waals surface area contributed by atoms with Crippen molar-refractivity contribution in [2.24, 2.45) is 5.92 Å². The van der Waals surface area contributed by atoms with Crippen molar-refractivity contribution in [3.8, 4) is 5.75 Å². The number of carbonyl (C=O) groups excluding carboxylic acids is 1. The van der Waals surface area contributed by atoms with Gasteiger partial charge in [-0.05, 0) is 47.5 Å². The van der Waals surface area contributed by atoms with Crippen molar-refractivity contribution >= 4 is 24.1 Å². The number of allylic oxidation sites excluding steroid dienone is 2. The van der Waals surface area contributed by atoms with E-state index in [2.05, 4.69) is 4.98 Å². The lowest BCUT2D eigenvalue weighted by Gasteiger charge is -2.07. The number of ether oxygens (including phenoxy) is 2. The third-order valence-corrected chi connectivity index (χ3v) is 3.78. The van der Waals surface area contributed by atoms with Gasteiger partial charge in [0.2, 0.25) is 0 Å². The van der Waals surface area contributed by atoms with Crippen molar-refractivity contribution in [1.82, 2.24) is 4.98 Å². The molecule has 1 aliphatic carbocycles. The highest BCUT2D eigenvalue weighted by Gasteiger charge is 2.11. The molecule has 0 amide bonds. The summed E-state index contributed by atoms with van der Waals surface area (Å²) in [5, 5.41) is 10.6. The molecule has 0 spiro atoms. The van der Waals surface area contributed by atoms with Crippen LogP contribution in [0.15, 0.2) is 42.2 Å². The maximum Gasteiger partial charge on any atom is 0.354 e. The SMILES string of the molecule is COC(=O)c1cc2c([nH]1)=CC(Oc1ccc(C(=O)O)cc1)=C[C@H](C)C=2. The number of hydrogen-bond acceptors (Lipinski definition) is 4. The van der Waals surface area contributed by atoms with Gasteiger partial charge < -0.3 is 19.6 Å². The Hall–Kier alpha value is -3.28. The monoisotopic (exact) mass is 339 g/mol. The van der Waals surface area contributed by atoms with Crippen LogP contribution in [0.2, 0.25) is 0 Å². The summed E-state index contributed by atoms with van der Waals surface area (Å²) in [6.45, 7) is 2.00. The van der Waals surface area contributed by atoms with Gasteiger partial charge in [0.15, 0.2) is 0 Å². The summed E-state index contributed by atoms with van der Waals surface area (Å²) in [6, 6.07) is 7.92. The highest BCUT2D eigenvalue weighted by molar-refractivity contribution is 5.88. The van der Waals surface area contributed by atoms with Crippen molar-refractivity contribution in [1.29, 1.82) is 0 Å². The summed E-state index contributed by atoms with van der Waals surface area (Å²) in [5.74, 6) is -0.196. The Bertz CT molecular complexity index is 966. The van der Waals surface area contributed by atoms with Crippen molar-refractivity contribution in [3.63, 3.8) is 0 Å². The fourth-order valence-corrected chi connectivity index (χ4v) is 2.61. The van der Waals surface area contributed by atoms with Crippen LogP contribution in [0, 0.1) is 5.92 Å². The van der Waals surface area contributed by atoms with Crippen molar-refractivity contribution in [2.45, 2.75) is 6.92 Å². The van der Waals surface area contributed by atoms with Crippen molar-refractivity contribution in [2.75, 3.05) is 7.11 Å². The van der Waals surface area contributed by atoms with E-state index in [9.17, 15) is 9.59 Å². The molecule has 6 nitrogen and oxygen atoms in total. The quantitative estimate of drug-likeness (QED) is 0.827. The number of H-pyrrole nitrogens is 1. The molecule has 0 aliphatic heterocycles. The lowest BCUT2D eigenvalue weighted by molar-refractivity contribution is 0.0593. The molecule has 0 radical (unpaired) electrons. The normalized spacial score (nSPS) is 15.8. The number of benzene rings is 1. The highest BCUT2D eigenvalue weighted by Crippen LogP contribution is 2.18. The van der Waals surface area contributed by atoms with Crippen LogP contribution in [0.3, 0.4) is 0 Å². The molecule has 128 valence electrons. The number of esters is 1. The Balaban J connectivity index is 1.92. The van der Waals surface area contributed by atoms with Gasteiger partial charge in [0.25, 0.3) is 0 Å². The Morgan fingerprint density at radius 1 is 1.16 bits per heavy atom. The molecule has 0 saturated carbocycles. The Labute approximate surface area is 143 Å². The summed E-state index contributed by atoms with van der Waals surface area (Å²) >= 11 is 0. The number of fused-ring (bicyclic) bond motifs is 1. The van der Waals surface area contributed by atoms with E-state index in [1.165, 1.54) is 19.2 Å². The summed E-state index contributed by atoms with van der Waals surface area (Å²) in [5.41, 5.74) is 0.571. The lowest BCUT2D eigenvalue weighted by atomic mass is 10.1. The number of aromatic carboxylic acids is 1. The molecule has 1 heterocycles. The van der Waals surface area contributed by atoms with Gasteiger partial charge in [-0.25, -0.2) is 9.59 Å². The van der Waals surface area contributed by atoms with Gasteiger partial charge in [0, 0.05) is 11.4 Å². The van der Waals surface area contributed by atoms with E-state index in [-0.39, 0.29) is 11.5 Å². The number of carbonyl (C=O) groups is 2. The summed E-state index contributed by atoms with van der Waals surface area (Å²) in [4.78, 5) is 25.6. The van der Waals surface area contributed by atoms with E-state index < -0.39 is 11.9 Å². The van der Waals surface area contributed by atoms with E-state index in [1.54, 1.807) is 24.3 Å². The first kappa shape index (κ1) is 16.6. The predicted molar refractivity (Wildman–Crippen MR) is 91.6 cm³/mol. The fraction of sp³-hybridized carbons (Fsp3) is 0.158. The van der Waals surface area contributed by atoms with Crippen molar-refractivity contribution < 1.29 is 24.2 Å². The van der Waals surface area contributed by atoms with Crippen LogP contribution in [-0.4, -0.2) is 29.1 Å². The predicted octanol–water partition coefficient (Wildman–Crippen LogP) is 1.67. The largest absolute Gasteiger partial charge is 0.478 e.